The highest BCUT2D eigenvalue weighted by atomic mass is 16.5. The molecule has 1 N–H and O–H groups in total. The molecular formula is C22H35N3O2. The molecule has 0 saturated carbocycles. The van der Waals surface area contributed by atoms with Gasteiger partial charge in [0.2, 0.25) is 5.91 Å². The Morgan fingerprint density at radius 1 is 1.19 bits per heavy atom. The minimum Gasteiger partial charge on any atom is -0.375 e. The monoisotopic (exact) mass is 373 g/mol. The molecule has 1 unspecified atom stereocenters. The van der Waals surface area contributed by atoms with Crippen LogP contribution in [0.25, 0.3) is 0 Å². The third-order valence-corrected chi connectivity index (χ3v) is 5.92. The number of ether oxygens (including phenoxy) is 1. The van der Waals surface area contributed by atoms with Gasteiger partial charge in [-0.15, -0.1) is 0 Å². The van der Waals surface area contributed by atoms with Gasteiger partial charge in [0.05, 0.1) is 19.1 Å². The number of benzene rings is 1. The van der Waals surface area contributed by atoms with E-state index in [4.69, 9.17) is 4.74 Å². The van der Waals surface area contributed by atoms with Crippen molar-refractivity contribution < 1.29 is 9.53 Å². The second-order valence-corrected chi connectivity index (χ2v) is 8.16. The summed E-state index contributed by atoms with van der Waals surface area (Å²) in [6, 6.07) is 11.3. The van der Waals surface area contributed by atoms with Gasteiger partial charge in [-0.05, 0) is 51.3 Å². The van der Waals surface area contributed by atoms with Gasteiger partial charge in [0, 0.05) is 32.2 Å². The van der Waals surface area contributed by atoms with E-state index in [9.17, 15) is 4.79 Å². The first-order valence-corrected chi connectivity index (χ1v) is 10.5. The predicted octanol–water partition coefficient (Wildman–Crippen LogP) is 2.48. The molecule has 0 radical (unpaired) electrons. The average Bonchev–Trinajstić information content (AvgIpc) is 2.69. The van der Waals surface area contributed by atoms with Gasteiger partial charge in [-0.1, -0.05) is 30.3 Å². The van der Waals surface area contributed by atoms with Crippen LogP contribution in [0.15, 0.2) is 30.3 Å². The van der Waals surface area contributed by atoms with Gasteiger partial charge >= 0.3 is 0 Å². The number of nitrogens with zero attached hydrogens (tertiary/aromatic N) is 2. The Morgan fingerprint density at radius 3 is 2.63 bits per heavy atom. The molecule has 1 aromatic carbocycles. The van der Waals surface area contributed by atoms with Crippen LogP contribution < -0.4 is 5.32 Å². The number of piperidine rings is 1. The Bertz CT molecular complexity index is 570. The summed E-state index contributed by atoms with van der Waals surface area (Å²) in [4.78, 5) is 17.1. The third-order valence-electron chi connectivity index (χ3n) is 5.92. The quantitative estimate of drug-likeness (QED) is 0.798. The molecule has 2 heterocycles. The standard InChI is InChI=1S/C22H35N3O2/c1-18(2)25-14-15-27-21(17-25)16-22(26)23-10-13-24-11-8-20(9-12-24)19-6-4-3-5-7-19/h3-7,18,20-21H,8-17H2,1-2H3,(H,23,26). The number of carbonyl (C=O) groups excluding carboxylic acids is 1. The molecule has 0 spiro atoms. The van der Waals surface area contributed by atoms with Crippen LogP contribution in [0.2, 0.25) is 0 Å². The van der Waals surface area contributed by atoms with Crippen molar-refractivity contribution in [3.05, 3.63) is 35.9 Å². The fourth-order valence-corrected chi connectivity index (χ4v) is 4.18. The second-order valence-electron chi connectivity index (χ2n) is 8.16. The van der Waals surface area contributed by atoms with Crippen molar-refractivity contribution in [3.63, 3.8) is 0 Å². The Balaban J connectivity index is 1.30. The zero-order valence-corrected chi connectivity index (χ0v) is 16.9. The lowest BCUT2D eigenvalue weighted by molar-refractivity contribution is -0.126. The number of hydrogen-bond donors (Lipinski definition) is 1. The molecule has 2 aliphatic heterocycles. The molecule has 0 aliphatic carbocycles. The minimum absolute atomic E-state index is 0.0303. The van der Waals surface area contributed by atoms with Gasteiger partial charge in [0.1, 0.15) is 0 Å². The average molecular weight is 374 g/mol. The van der Waals surface area contributed by atoms with Gasteiger partial charge < -0.3 is 15.0 Å². The third kappa shape index (κ3) is 6.30. The Kier molecular flexibility index (Phi) is 7.68. The molecule has 2 aliphatic rings. The maximum absolute atomic E-state index is 12.2. The molecule has 27 heavy (non-hydrogen) atoms. The van der Waals surface area contributed by atoms with Gasteiger partial charge in [-0.3, -0.25) is 9.69 Å². The number of likely N-dealkylation sites (tertiary alicyclic amines) is 1. The molecule has 0 aromatic heterocycles. The summed E-state index contributed by atoms with van der Waals surface area (Å²) < 4.78 is 5.77. The lowest BCUT2D eigenvalue weighted by Crippen LogP contribution is -2.47. The van der Waals surface area contributed by atoms with Crippen molar-refractivity contribution in [1.82, 2.24) is 15.1 Å². The smallest absolute Gasteiger partial charge is 0.222 e. The minimum atomic E-state index is 0.0303. The molecule has 1 amide bonds. The Morgan fingerprint density at radius 2 is 1.93 bits per heavy atom. The second kappa shape index (κ2) is 10.2. The highest BCUT2D eigenvalue weighted by Crippen LogP contribution is 2.27. The first-order valence-electron chi connectivity index (χ1n) is 10.5. The fraction of sp³-hybridized carbons (Fsp3) is 0.682. The normalized spacial score (nSPS) is 22.9. The van der Waals surface area contributed by atoms with E-state index in [1.54, 1.807) is 0 Å². The number of hydrogen-bond acceptors (Lipinski definition) is 4. The first-order chi connectivity index (χ1) is 13.1. The number of rotatable bonds is 7. The number of amides is 1. The van der Waals surface area contributed by atoms with E-state index >= 15 is 0 Å². The van der Waals surface area contributed by atoms with Crippen molar-refractivity contribution in [2.24, 2.45) is 0 Å². The van der Waals surface area contributed by atoms with Crippen LogP contribution in [0.3, 0.4) is 0 Å². The van der Waals surface area contributed by atoms with Crippen molar-refractivity contribution in [2.45, 2.75) is 51.2 Å². The molecule has 150 valence electrons. The van der Waals surface area contributed by atoms with Crippen LogP contribution >= 0.6 is 0 Å². The van der Waals surface area contributed by atoms with Crippen LogP contribution in [0, 0.1) is 0 Å². The first kappa shape index (κ1) is 20.3. The SMILES string of the molecule is CC(C)N1CCOC(CC(=O)NCCN2CCC(c3ccccc3)CC2)C1. The van der Waals surface area contributed by atoms with Crippen molar-refractivity contribution in [3.8, 4) is 0 Å². The molecule has 5 nitrogen and oxygen atoms in total. The van der Waals surface area contributed by atoms with Gasteiger partial charge in [-0.2, -0.15) is 0 Å². The Labute approximate surface area is 164 Å². The van der Waals surface area contributed by atoms with Crippen LogP contribution in [0.1, 0.15) is 44.6 Å². The summed E-state index contributed by atoms with van der Waals surface area (Å²) in [6.45, 7) is 10.9. The van der Waals surface area contributed by atoms with Crippen LogP contribution in [0.5, 0.6) is 0 Å². The predicted molar refractivity (Wildman–Crippen MR) is 109 cm³/mol. The van der Waals surface area contributed by atoms with Crippen molar-refractivity contribution >= 4 is 5.91 Å². The van der Waals surface area contributed by atoms with Gasteiger partial charge in [0.15, 0.2) is 0 Å². The number of carbonyl (C=O) groups is 1. The van der Waals surface area contributed by atoms with E-state index in [0.29, 0.717) is 18.4 Å². The summed E-state index contributed by atoms with van der Waals surface area (Å²) in [6.07, 6.45) is 2.92. The highest BCUT2D eigenvalue weighted by molar-refractivity contribution is 5.76. The molecule has 0 bridgehead atoms. The van der Waals surface area contributed by atoms with E-state index in [1.807, 2.05) is 0 Å². The van der Waals surface area contributed by atoms with Crippen molar-refractivity contribution in [2.75, 3.05) is 45.9 Å². The molecule has 1 atom stereocenters. The summed E-state index contributed by atoms with van der Waals surface area (Å²) in [5.41, 5.74) is 1.47. The van der Waals surface area contributed by atoms with Gasteiger partial charge in [0.25, 0.3) is 0 Å². The van der Waals surface area contributed by atoms with Crippen LogP contribution in [-0.4, -0.2) is 73.7 Å². The fourth-order valence-electron chi connectivity index (χ4n) is 4.18. The zero-order valence-electron chi connectivity index (χ0n) is 16.9. The highest BCUT2D eigenvalue weighted by Gasteiger charge is 2.24. The largest absolute Gasteiger partial charge is 0.375 e. The topological polar surface area (TPSA) is 44.8 Å². The summed E-state index contributed by atoms with van der Waals surface area (Å²) in [5.74, 6) is 0.800. The molecule has 3 rings (SSSR count). The van der Waals surface area contributed by atoms with Crippen LogP contribution in [0.4, 0.5) is 0 Å². The number of nitrogens with one attached hydrogen (secondary N) is 1. The number of morpholine rings is 1. The lowest BCUT2D eigenvalue weighted by atomic mass is 9.89. The van der Waals surface area contributed by atoms with E-state index in [-0.39, 0.29) is 12.0 Å². The summed E-state index contributed by atoms with van der Waals surface area (Å²) in [5, 5.41) is 3.09. The molecular weight excluding hydrogens is 338 g/mol. The maximum Gasteiger partial charge on any atom is 0.222 e. The molecule has 2 fully saturated rings. The van der Waals surface area contributed by atoms with Crippen molar-refractivity contribution in [1.29, 1.82) is 0 Å². The molecule has 5 heteroatoms. The van der Waals surface area contributed by atoms with Crippen LogP contribution in [-0.2, 0) is 9.53 Å². The van der Waals surface area contributed by atoms with E-state index in [2.05, 4.69) is 59.3 Å². The Hall–Kier alpha value is -1.43. The van der Waals surface area contributed by atoms with Gasteiger partial charge in [-0.25, -0.2) is 0 Å². The van der Waals surface area contributed by atoms with E-state index < -0.39 is 0 Å². The summed E-state index contributed by atoms with van der Waals surface area (Å²) in [7, 11) is 0. The molecule has 1 aromatic rings. The van der Waals surface area contributed by atoms with E-state index in [1.165, 1.54) is 18.4 Å². The summed E-state index contributed by atoms with van der Waals surface area (Å²) >= 11 is 0. The zero-order chi connectivity index (χ0) is 19.1. The molecule has 2 saturated heterocycles. The maximum atomic E-state index is 12.2. The lowest BCUT2D eigenvalue weighted by Gasteiger charge is -2.35. The van der Waals surface area contributed by atoms with E-state index in [0.717, 1.165) is 45.9 Å².